The van der Waals surface area contributed by atoms with Gasteiger partial charge in [0.25, 0.3) is 0 Å². The first-order valence-corrected chi connectivity index (χ1v) is 7.30. The van der Waals surface area contributed by atoms with Crippen molar-refractivity contribution in [3.63, 3.8) is 0 Å². The van der Waals surface area contributed by atoms with Crippen molar-refractivity contribution < 1.29 is 4.74 Å². The fraction of sp³-hybridized carbons (Fsp3) is 0.333. The van der Waals surface area contributed by atoms with Crippen LogP contribution in [0.2, 0.25) is 0 Å². The number of benzene rings is 2. The molecule has 104 valence electrons. The number of rotatable bonds is 3. The van der Waals surface area contributed by atoms with E-state index in [1.165, 1.54) is 22.3 Å². The van der Waals surface area contributed by atoms with Gasteiger partial charge in [-0.3, -0.25) is 0 Å². The summed E-state index contributed by atoms with van der Waals surface area (Å²) in [5, 5.41) is 3.46. The minimum Gasteiger partial charge on any atom is -0.496 e. The summed E-state index contributed by atoms with van der Waals surface area (Å²) >= 11 is 0. The van der Waals surface area contributed by atoms with E-state index in [1.54, 1.807) is 7.11 Å². The lowest BCUT2D eigenvalue weighted by Gasteiger charge is -2.11. The molecular formula is C18H21NO. The van der Waals surface area contributed by atoms with Crippen molar-refractivity contribution in [1.29, 1.82) is 0 Å². The normalized spacial score (nSPS) is 14.4. The second-order valence-electron chi connectivity index (χ2n) is 5.34. The van der Waals surface area contributed by atoms with E-state index in [0.717, 1.165) is 38.1 Å². The summed E-state index contributed by atoms with van der Waals surface area (Å²) in [4.78, 5) is 0. The van der Waals surface area contributed by atoms with E-state index >= 15 is 0 Å². The van der Waals surface area contributed by atoms with Gasteiger partial charge < -0.3 is 10.1 Å². The third-order valence-corrected chi connectivity index (χ3v) is 4.00. The second kappa shape index (κ2) is 6.10. The first-order chi connectivity index (χ1) is 9.86. The van der Waals surface area contributed by atoms with E-state index in [0.29, 0.717) is 0 Å². The Morgan fingerprint density at radius 2 is 1.80 bits per heavy atom. The number of hydrogen-bond donors (Lipinski definition) is 1. The molecule has 0 radical (unpaired) electrons. The lowest BCUT2D eigenvalue weighted by atomic mass is 9.96. The molecule has 1 N–H and O–H groups in total. The topological polar surface area (TPSA) is 21.3 Å². The summed E-state index contributed by atoms with van der Waals surface area (Å²) in [5.41, 5.74) is 5.62. The molecule has 2 heteroatoms. The van der Waals surface area contributed by atoms with Crippen molar-refractivity contribution in [2.75, 3.05) is 20.2 Å². The van der Waals surface area contributed by atoms with Crippen molar-refractivity contribution in [2.24, 2.45) is 0 Å². The van der Waals surface area contributed by atoms with E-state index in [1.807, 2.05) is 12.1 Å². The van der Waals surface area contributed by atoms with Gasteiger partial charge in [0.15, 0.2) is 0 Å². The van der Waals surface area contributed by atoms with Gasteiger partial charge in [-0.2, -0.15) is 0 Å². The van der Waals surface area contributed by atoms with E-state index < -0.39 is 0 Å². The van der Waals surface area contributed by atoms with Crippen LogP contribution in [0.3, 0.4) is 0 Å². The zero-order valence-corrected chi connectivity index (χ0v) is 12.0. The maximum Gasteiger partial charge on any atom is 0.122 e. The molecule has 0 bridgehead atoms. The van der Waals surface area contributed by atoms with Crippen LogP contribution in [-0.2, 0) is 19.3 Å². The lowest BCUT2D eigenvalue weighted by Crippen LogP contribution is -2.16. The predicted molar refractivity (Wildman–Crippen MR) is 82.5 cm³/mol. The van der Waals surface area contributed by atoms with Gasteiger partial charge in [-0.15, -0.1) is 0 Å². The molecule has 2 aromatic rings. The standard InChI is InChI=1S/C18H21NO/c1-20-18-5-3-2-4-17(18)13-14-6-7-15-8-10-19-11-9-16(15)12-14/h2-7,12,19H,8-11,13H2,1H3. The Balaban J connectivity index is 1.86. The largest absolute Gasteiger partial charge is 0.496 e. The molecule has 0 aromatic heterocycles. The zero-order chi connectivity index (χ0) is 13.8. The van der Waals surface area contributed by atoms with Gasteiger partial charge in [-0.25, -0.2) is 0 Å². The van der Waals surface area contributed by atoms with E-state index in [9.17, 15) is 0 Å². The van der Waals surface area contributed by atoms with Crippen molar-refractivity contribution in [3.05, 3.63) is 64.7 Å². The summed E-state index contributed by atoms with van der Waals surface area (Å²) in [5.74, 6) is 0.976. The smallest absolute Gasteiger partial charge is 0.122 e. The molecule has 0 unspecified atom stereocenters. The molecule has 0 fully saturated rings. The van der Waals surface area contributed by atoms with E-state index in [4.69, 9.17) is 4.74 Å². The highest BCUT2D eigenvalue weighted by Gasteiger charge is 2.09. The number of hydrogen-bond acceptors (Lipinski definition) is 2. The molecular weight excluding hydrogens is 246 g/mol. The Hall–Kier alpha value is -1.80. The van der Waals surface area contributed by atoms with Crippen LogP contribution < -0.4 is 10.1 Å². The zero-order valence-electron chi connectivity index (χ0n) is 12.0. The molecule has 2 aromatic carbocycles. The summed E-state index contributed by atoms with van der Waals surface area (Å²) in [6.07, 6.45) is 3.21. The van der Waals surface area contributed by atoms with E-state index in [-0.39, 0.29) is 0 Å². The third-order valence-electron chi connectivity index (χ3n) is 4.00. The molecule has 1 aliphatic rings. The number of para-hydroxylation sites is 1. The van der Waals surface area contributed by atoms with Gasteiger partial charge >= 0.3 is 0 Å². The van der Waals surface area contributed by atoms with Gasteiger partial charge in [0, 0.05) is 6.42 Å². The average molecular weight is 267 g/mol. The number of ether oxygens (including phenoxy) is 1. The third kappa shape index (κ3) is 2.86. The van der Waals surface area contributed by atoms with Crippen LogP contribution in [0.4, 0.5) is 0 Å². The minimum absolute atomic E-state index is 0.935. The lowest BCUT2D eigenvalue weighted by molar-refractivity contribution is 0.410. The number of methoxy groups -OCH3 is 1. The molecule has 0 atom stereocenters. The van der Waals surface area contributed by atoms with Crippen LogP contribution in [0.1, 0.15) is 22.3 Å². The van der Waals surface area contributed by atoms with E-state index in [2.05, 4.69) is 35.6 Å². The molecule has 3 rings (SSSR count). The molecule has 1 heterocycles. The molecule has 20 heavy (non-hydrogen) atoms. The van der Waals surface area contributed by atoms with Crippen LogP contribution in [-0.4, -0.2) is 20.2 Å². The SMILES string of the molecule is COc1ccccc1Cc1ccc2c(c1)CCNCC2. The van der Waals surface area contributed by atoms with Crippen molar-refractivity contribution in [3.8, 4) is 5.75 Å². The monoisotopic (exact) mass is 267 g/mol. The Labute approximate surface area is 120 Å². The van der Waals surface area contributed by atoms with Crippen LogP contribution in [0.15, 0.2) is 42.5 Å². The highest BCUT2D eigenvalue weighted by molar-refractivity contribution is 5.40. The number of fused-ring (bicyclic) bond motifs is 1. The highest BCUT2D eigenvalue weighted by atomic mass is 16.5. The van der Waals surface area contributed by atoms with Gasteiger partial charge in [0.2, 0.25) is 0 Å². The first kappa shape index (κ1) is 13.2. The summed E-state index contributed by atoms with van der Waals surface area (Å²) in [7, 11) is 1.74. The molecule has 0 amide bonds. The molecule has 0 aliphatic carbocycles. The quantitative estimate of drug-likeness (QED) is 0.923. The van der Waals surface area contributed by atoms with Crippen LogP contribution >= 0.6 is 0 Å². The van der Waals surface area contributed by atoms with Gasteiger partial charge in [0.05, 0.1) is 7.11 Å². The van der Waals surface area contributed by atoms with Crippen LogP contribution in [0.5, 0.6) is 5.75 Å². The molecule has 0 saturated heterocycles. The average Bonchev–Trinajstić information content (AvgIpc) is 2.72. The molecule has 1 aliphatic heterocycles. The minimum atomic E-state index is 0.935. The summed E-state index contributed by atoms with van der Waals surface area (Å²) in [6, 6.07) is 15.2. The van der Waals surface area contributed by atoms with Crippen molar-refractivity contribution in [1.82, 2.24) is 5.32 Å². The maximum atomic E-state index is 5.44. The van der Waals surface area contributed by atoms with Crippen LogP contribution in [0.25, 0.3) is 0 Å². The predicted octanol–water partition coefficient (Wildman–Crippen LogP) is 2.97. The molecule has 2 nitrogen and oxygen atoms in total. The van der Waals surface area contributed by atoms with Crippen molar-refractivity contribution in [2.45, 2.75) is 19.3 Å². The molecule has 0 spiro atoms. The van der Waals surface area contributed by atoms with Crippen molar-refractivity contribution >= 4 is 0 Å². The highest BCUT2D eigenvalue weighted by Crippen LogP contribution is 2.23. The van der Waals surface area contributed by atoms with Gasteiger partial charge in [-0.05, 0) is 54.3 Å². The maximum absolute atomic E-state index is 5.44. The fourth-order valence-corrected chi connectivity index (χ4v) is 2.91. The Kier molecular flexibility index (Phi) is 4.03. The van der Waals surface area contributed by atoms with Gasteiger partial charge in [0.1, 0.15) is 5.75 Å². The Bertz CT molecular complexity index is 592. The molecule has 0 saturated carbocycles. The first-order valence-electron chi connectivity index (χ1n) is 7.30. The number of nitrogens with one attached hydrogen (secondary N) is 1. The van der Waals surface area contributed by atoms with Gasteiger partial charge in [-0.1, -0.05) is 36.4 Å². The Morgan fingerprint density at radius 3 is 2.65 bits per heavy atom. The second-order valence-corrected chi connectivity index (χ2v) is 5.34. The Morgan fingerprint density at radius 1 is 1.00 bits per heavy atom. The fourth-order valence-electron chi connectivity index (χ4n) is 2.91. The summed E-state index contributed by atoms with van der Waals surface area (Å²) < 4.78 is 5.44. The summed E-state index contributed by atoms with van der Waals surface area (Å²) in [6.45, 7) is 2.18. The van der Waals surface area contributed by atoms with Crippen LogP contribution in [0, 0.1) is 0 Å².